The number of rotatable bonds is 4. The summed E-state index contributed by atoms with van der Waals surface area (Å²) in [6, 6.07) is 8.08. The highest BCUT2D eigenvalue weighted by Crippen LogP contribution is 2.30. The first-order chi connectivity index (χ1) is 13.4. The molecule has 1 N–H and O–H groups in total. The van der Waals surface area contributed by atoms with E-state index in [1.165, 1.54) is 16.9 Å². The van der Waals surface area contributed by atoms with E-state index >= 15 is 0 Å². The number of carbonyl (C=O) groups is 2. The second kappa shape index (κ2) is 7.48. The first-order valence-corrected chi connectivity index (χ1v) is 10.2. The number of Topliss-reactive ketones (excluding diaryl/α,β-unsaturated/α-hetero) is 1. The minimum Gasteiger partial charge on any atom is -0.298 e. The second-order valence-corrected chi connectivity index (χ2v) is 8.28. The predicted molar refractivity (Wildman–Crippen MR) is 110 cm³/mol. The number of aromatic nitrogens is 3. The molecule has 3 aromatic rings. The number of nitrogens with one attached hydrogen (secondary N) is 1. The molecule has 0 fully saturated rings. The van der Waals surface area contributed by atoms with E-state index in [1.807, 2.05) is 31.2 Å². The average molecular weight is 415 g/mol. The molecule has 0 saturated carbocycles. The van der Waals surface area contributed by atoms with Gasteiger partial charge >= 0.3 is 0 Å². The quantitative estimate of drug-likeness (QED) is 0.685. The standard InChI is InChI=1S/C20H19ClN4O2S/c1-11-6-8-13(9-7-11)10-25-18(21)16(12(2)24-25)19(27)23-20-22-14-4-3-5-15(26)17(14)28-20/h6-9H,3-5,10H2,1-2H3,(H,22,23,27). The molecule has 2 heterocycles. The van der Waals surface area contributed by atoms with Gasteiger partial charge in [-0.15, -0.1) is 0 Å². The lowest BCUT2D eigenvalue weighted by Crippen LogP contribution is -2.13. The summed E-state index contributed by atoms with van der Waals surface area (Å²) in [5.74, 6) is -0.268. The molecule has 2 aromatic heterocycles. The topological polar surface area (TPSA) is 76.9 Å². The predicted octanol–water partition coefficient (Wildman–Crippen LogP) is 4.43. The van der Waals surface area contributed by atoms with Crippen molar-refractivity contribution in [1.29, 1.82) is 0 Å². The van der Waals surface area contributed by atoms with Crippen LogP contribution in [0.1, 0.15) is 55.4 Å². The van der Waals surface area contributed by atoms with Crippen LogP contribution in [0.25, 0.3) is 0 Å². The number of hydrogen-bond acceptors (Lipinski definition) is 5. The van der Waals surface area contributed by atoms with Gasteiger partial charge in [-0.3, -0.25) is 14.9 Å². The Labute approximate surface area is 171 Å². The Balaban J connectivity index is 1.55. The van der Waals surface area contributed by atoms with Crippen LogP contribution in [0.2, 0.25) is 5.15 Å². The van der Waals surface area contributed by atoms with E-state index in [0.29, 0.717) is 34.2 Å². The van der Waals surface area contributed by atoms with Crippen LogP contribution in [0.5, 0.6) is 0 Å². The summed E-state index contributed by atoms with van der Waals surface area (Å²) in [5, 5.41) is 7.91. The first kappa shape index (κ1) is 18.8. The largest absolute Gasteiger partial charge is 0.298 e. The molecule has 1 amide bonds. The molecule has 6 nitrogen and oxygen atoms in total. The van der Waals surface area contributed by atoms with Crippen molar-refractivity contribution in [3.63, 3.8) is 0 Å². The molecule has 1 aliphatic rings. The fourth-order valence-electron chi connectivity index (χ4n) is 3.26. The van der Waals surface area contributed by atoms with Gasteiger partial charge < -0.3 is 0 Å². The molecule has 1 aliphatic carbocycles. The van der Waals surface area contributed by atoms with Gasteiger partial charge in [-0.05, 0) is 32.3 Å². The van der Waals surface area contributed by atoms with Crippen LogP contribution in [-0.2, 0) is 13.0 Å². The van der Waals surface area contributed by atoms with Crippen LogP contribution in [-0.4, -0.2) is 26.5 Å². The third kappa shape index (κ3) is 3.59. The summed E-state index contributed by atoms with van der Waals surface area (Å²) in [6.45, 7) is 4.26. The zero-order chi connectivity index (χ0) is 19.8. The number of thiazole rings is 1. The summed E-state index contributed by atoms with van der Waals surface area (Å²) in [4.78, 5) is 29.8. The number of nitrogens with zero attached hydrogens (tertiary/aromatic N) is 3. The lowest BCUT2D eigenvalue weighted by Gasteiger charge is -2.05. The molecule has 144 valence electrons. The van der Waals surface area contributed by atoms with Crippen LogP contribution in [0.3, 0.4) is 0 Å². The molecule has 0 unspecified atom stereocenters. The zero-order valence-corrected chi connectivity index (χ0v) is 17.2. The highest BCUT2D eigenvalue weighted by Gasteiger charge is 2.25. The molecule has 0 saturated heterocycles. The lowest BCUT2D eigenvalue weighted by molar-refractivity contribution is 0.0975. The third-order valence-electron chi connectivity index (χ3n) is 4.73. The maximum Gasteiger partial charge on any atom is 0.262 e. The smallest absolute Gasteiger partial charge is 0.262 e. The van der Waals surface area contributed by atoms with E-state index in [4.69, 9.17) is 11.6 Å². The Morgan fingerprint density at radius 1 is 1.25 bits per heavy atom. The van der Waals surface area contributed by atoms with Gasteiger partial charge in [0.25, 0.3) is 5.91 Å². The van der Waals surface area contributed by atoms with E-state index in [0.717, 1.165) is 24.1 Å². The normalized spacial score (nSPS) is 13.5. The van der Waals surface area contributed by atoms with Gasteiger partial charge in [0.1, 0.15) is 5.15 Å². The van der Waals surface area contributed by atoms with Crippen molar-refractivity contribution in [3.8, 4) is 0 Å². The Hall–Kier alpha value is -2.51. The van der Waals surface area contributed by atoms with E-state index in [2.05, 4.69) is 15.4 Å². The van der Waals surface area contributed by atoms with E-state index in [9.17, 15) is 9.59 Å². The molecular weight excluding hydrogens is 396 g/mol. The third-order valence-corrected chi connectivity index (χ3v) is 6.17. The first-order valence-electron chi connectivity index (χ1n) is 9.05. The molecule has 0 bridgehead atoms. The molecule has 8 heteroatoms. The summed E-state index contributed by atoms with van der Waals surface area (Å²) in [6.07, 6.45) is 2.11. The molecule has 1 aromatic carbocycles. The fourth-order valence-corrected chi connectivity index (χ4v) is 4.56. The summed E-state index contributed by atoms with van der Waals surface area (Å²) in [7, 11) is 0. The Bertz CT molecular complexity index is 1070. The van der Waals surface area contributed by atoms with Crippen molar-refractivity contribution in [1.82, 2.24) is 14.8 Å². The highest BCUT2D eigenvalue weighted by atomic mass is 35.5. The number of hydrogen-bond donors (Lipinski definition) is 1. The number of halogens is 1. The molecule has 28 heavy (non-hydrogen) atoms. The molecule has 0 spiro atoms. The Kier molecular flexibility index (Phi) is 5.03. The van der Waals surface area contributed by atoms with Crippen molar-refractivity contribution in [2.75, 3.05) is 5.32 Å². The SMILES string of the molecule is Cc1ccc(Cn2nc(C)c(C(=O)Nc3nc4c(s3)C(=O)CCC4)c2Cl)cc1. The lowest BCUT2D eigenvalue weighted by atomic mass is 10.0. The monoisotopic (exact) mass is 414 g/mol. The number of anilines is 1. The van der Waals surface area contributed by atoms with Gasteiger partial charge in [0, 0.05) is 6.42 Å². The fraction of sp³-hybridized carbons (Fsp3) is 0.300. The van der Waals surface area contributed by atoms with Crippen LogP contribution in [0.15, 0.2) is 24.3 Å². The maximum absolute atomic E-state index is 12.8. The van der Waals surface area contributed by atoms with Crippen LogP contribution in [0, 0.1) is 13.8 Å². The molecule has 0 atom stereocenters. The van der Waals surface area contributed by atoms with Gasteiger partial charge in [-0.2, -0.15) is 5.10 Å². The zero-order valence-electron chi connectivity index (χ0n) is 15.6. The average Bonchev–Trinajstić information content (AvgIpc) is 3.18. The number of amides is 1. The molecular formula is C20H19ClN4O2S. The molecule has 0 aliphatic heterocycles. The van der Waals surface area contributed by atoms with Crippen molar-refractivity contribution in [3.05, 3.63) is 62.4 Å². The Morgan fingerprint density at radius 3 is 2.71 bits per heavy atom. The van der Waals surface area contributed by atoms with Crippen LogP contribution < -0.4 is 5.32 Å². The van der Waals surface area contributed by atoms with E-state index in [1.54, 1.807) is 11.6 Å². The molecule has 0 radical (unpaired) electrons. The Morgan fingerprint density at radius 2 is 2.00 bits per heavy atom. The van der Waals surface area contributed by atoms with Crippen molar-refractivity contribution >= 4 is 39.8 Å². The minimum absolute atomic E-state index is 0.0966. The minimum atomic E-state index is -0.365. The van der Waals surface area contributed by atoms with Gasteiger partial charge in [-0.1, -0.05) is 52.8 Å². The molecule has 4 rings (SSSR count). The number of benzene rings is 1. The number of ketones is 1. The van der Waals surface area contributed by atoms with Gasteiger partial charge in [0.05, 0.1) is 28.4 Å². The van der Waals surface area contributed by atoms with E-state index in [-0.39, 0.29) is 16.8 Å². The van der Waals surface area contributed by atoms with Crippen molar-refractivity contribution < 1.29 is 9.59 Å². The second-order valence-electron chi connectivity index (χ2n) is 6.92. The number of fused-ring (bicyclic) bond motifs is 1. The number of aryl methyl sites for hydroxylation is 3. The maximum atomic E-state index is 12.8. The van der Waals surface area contributed by atoms with Crippen LogP contribution in [0.4, 0.5) is 5.13 Å². The number of carbonyl (C=O) groups excluding carboxylic acids is 2. The van der Waals surface area contributed by atoms with Crippen LogP contribution >= 0.6 is 22.9 Å². The summed E-state index contributed by atoms with van der Waals surface area (Å²) < 4.78 is 1.62. The van der Waals surface area contributed by atoms with Crippen molar-refractivity contribution in [2.24, 2.45) is 0 Å². The highest BCUT2D eigenvalue weighted by molar-refractivity contribution is 7.17. The van der Waals surface area contributed by atoms with Gasteiger partial charge in [-0.25, -0.2) is 9.67 Å². The van der Waals surface area contributed by atoms with Crippen molar-refractivity contribution in [2.45, 2.75) is 39.7 Å². The van der Waals surface area contributed by atoms with Gasteiger partial charge in [0.2, 0.25) is 0 Å². The summed E-state index contributed by atoms with van der Waals surface area (Å²) in [5.41, 5.74) is 3.87. The van der Waals surface area contributed by atoms with E-state index < -0.39 is 0 Å². The van der Waals surface area contributed by atoms with Gasteiger partial charge in [0.15, 0.2) is 10.9 Å². The summed E-state index contributed by atoms with van der Waals surface area (Å²) >= 11 is 7.69.